The number of aryl methyl sites for hydroxylation is 1. The van der Waals surface area contributed by atoms with E-state index in [1.807, 2.05) is 4.98 Å². The van der Waals surface area contributed by atoms with Crippen LogP contribution in [0.4, 0.5) is 4.39 Å². The monoisotopic (exact) mass is 260 g/mol. The quantitative estimate of drug-likeness (QED) is 0.507. The van der Waals surface area contributed by atoms with Crippen LogP contribution in [0.1, 0.15) is 17.5 Å². The van der Waals surface area contributed by atoms with Gasteiger partial charge in [0, 0.05) is 0 Å². The number of aliphatic hydroxyl groups excluding tert-OH is 3. The number of aliphatic hydroxyl groups is 3. The van der Waals surface area contributed by atoms with Crippen molar-refractivity contribution in [3.8, 4) is 0 Å². The van der Waals surface area contributed by atoms with Crippen LogP contribution in [-0.4, -0.2) is 50.2 Å². The summed E-state index contributed by atoms with van der Waals surface area (Å²) >= 11 is 0. The van der Waals surface area contributed by atoms with Crippen LogP contribution in [0.2, 0.25) is 0 Å². The van der Waals surface area contributed by atoms with Crippen molar-refractivity contribution in [1.29, 1.82) is 0 Å². The molecule has 7 nitrogen and oxygen atoms in total. The van der Waals surface area contributed by atoms with E-state index in [2.05, 4.69) is 4.98 Å². The minimum Gasteiger partial charge on any atom is -0.394 e. The number of hydrogen-bond donors (Lipinski definition) is 4. The van der Waals surface area contributed by atoms with Gasteiger partial charge in [0.05, 0.1) is 6.61 Å². The number of nitrogens with zero attached hydrogens (tertiary/aromatic N) is 1. The van der Waals surface area contributed by atoms with E-state index in [-0.39, 0.29) is 11.4 Å². The lowest BCUT2D eigenvalue weighted by atomic mass is 10.1. The highest BCUT2D eigenvalue weighted by Crippen LogP contribution is 2.32. The Hall–Kier alpha value is -1.35. The normalized spacial score (nSPS) is 31.8. The van der Waals surface area contributed by atoms with Crippen LogP contribution >= 0.6 is 0 Å². The van der Waals surface area contributed by atoms with Crippen molar-refractivity contribution in [3.63, 3.8) is 0 Å². The lowest BCUT2D eigenvalue weighted by molar-refractivity contribution is -0.0253. The molecule has 1 fully saturated rings. The summed E-state index contributed by atoms with van der Waals surface area (Å²) in [4.78, 5) is 16.8. The molecule has 1 aliphatic rings. The predicted molar refractivity (Wildman–Crippen MR) is 56.3 cm³/mol. The maximum atomic E-state index is 13.6. The van der Waals surface area contributed by atoms with E-state index in [0.717, 1.165) is 0 Å². The Morgan fingerprint density at radius 3 is 2.67 bits per heavy atom. The largest absolute Gasteiger partial charge is 0.394 e. The van der Waals surface area contributed by atoms with Crippen LogP contribution < -0.4 is 5.56 Å². The topological polar surface area (TPSA) is 116 Å². The van der Waals surface area contributed by atoms with E-state index < -0.39 is 42.5 Å². The number of rotatable bonds is 2. The standard InChI is InChI=1S/C10H13FN2O5/c1-3-10(17)13-9(11)5(12-3)8-7(16)6(15)4(2-14)18-8/h4,6-8,14-16H,2H2,1H3,(H,13,17)/t4-,6?,7?,8+/m1/s1. The second kappa shape index (κ2) is 4.73. The zero-order valence-corrected chi connectivity index (χ0v) is 9.50. The van der Waals surface area contributed by atoms with Gasteiger partial charge in [0.25, 0.3) is 5.56 Å². The summed E-state index contributed by atoms with van der Waals surface area (Å²) in [6, 6.07) is 0. The van der Waals surface area contributed by atoms with E-state index in [1.54, 1.807) is 0 Å². The Morgan fingerprint density at radius 1 is 1.44 bits per heavy atom. The molecule has 0 spiro atoms. The molecule has 1 saturated heterocycles. The van der Waals surface area contributed by atoms with Crippen LogP contribution in [0.15, 0.2) is 4.79 Å². The molecule has 100 valence electrons. The Morgan fingerprint density at radius 2 is 2.11 bits per heavy atom. The molecule has 2 rings (SSSR count). The fourth-order valence-electron chi connectivity index (χ4n) is 1.85. The number of hydrogen-bond acceptors (Lipinski definition) is 6. The maximum Gasteiger partial charge on any atom is 0.271 e. The number of aromatic nitrogens is 2. The van der Waals surface area contributed by atoms with Crippen molar-refractivity contribution in [2.24, 2.45) is 0 Å². The molecule has 2 heterocycles. The third-order valence-corrected chi connectivity index (χ3v) is 2.88. The zero-order chi connectivity index (χ0) is 13.4. The summed E-state index contributed by atoms with van der Waals surface area (Å²) in [5, 5.41) is 28.2. The highest BCUT2D eigenvalue weighted by Gasteiger charge is 2.45. The van der Waals surface area contributed by atoms with Gasteiger partial charge in [-0.15, -0.1) is 0 Å². The summed E-state index contributed by atoms with van der Waals surface area (Å²) in [6.45, 7) is 0.863. The predicted octanol–water partition coefficient (Wildman–Crippen LogP) is -1.63. The lowest BCUT2D eigenvalue weighted by Crippen LogP contribution is -2.32. The summed E-state index contributed by atoms with van der Waals surface area (Å²) in [7, 11) is 0. The lowest BCUT2D eigenvalue weighted by Gasteiger charge is -2.14. The fourth-order valence-corrected chi connectivity index (χ4v) is 1.85. The molecule has 1 aromatic rings. The smallest absolute Gasteiger partial charge is 0.271 e. The molecular formula is C10H13FN2O5. The molecule has 0 aromatic carbocycles. The average Bonchev–Trinajstić information content (AvgIpc) is 2.61. The number of halogens is 1. The van der Waals surface area contributed by atoms with Crippen molar-refractivity contribution < 1.29 is 24.4 Å². The highest BCUT2D eigenvalue weighted by molar-refractivity contribution is 5.12. The minimum absolute atomic E-state index is 0.0177. The van der Waals surface area contributed by atoms with Gasteiger partial charge in [-0.2, -0.15) is 4.39 Å². The molecule has 8 heteroatoms. The van der Waals surface area contributed by atoms with Crippen molar-refractivity contribution in [1.82, 2.24) is 9.97 Å². The molecule has 1 aromatic heterocycles. The Kier molecular flexibility index (Phi) is 3.44. The molecule has 0 bridgehead atoms. The molecular weight excluding hydrogens is 247 g/mol. The van der Waals surface area contributed by atoms with E-state index in [9.17, 15) is 19.4 Å². The van der Waals surface area contributed by atoms with Gasteiger partial charge < -0.3 is 20.1 Å². The first-order valence-electron chi connectivity index (χ1n) is 5.34. The molecule has 2 unspecified atom stereocenters. The second-order valence-corrected chi connectivity index (χ2v) is 4.11. The molecule has 4 atom stereocenters. The van der Waals surface area contributed by atoms with E-state index in [1.165, 1.54) is 6.92 Å². The minimum atomic E-state index is -1.42. The zero-order valence-electron chi connectivity index (χ0n) is 9.50. The van der Waals surface area contributed by atoms with Gasteiger partial charge in [-0.1, -0.05) is 0 Å². The van der Waals surface area contributed by atoms with Crippen molar-refractivity contribution in [2.75, 3.05) is 6.61 Å². The molecule has 18 heavy (non-hydrogen) atoms. The Labute approximate surface area is 101 Å². The maximum absolute atomic E-state index is 13.6. The number of ether oxygens (including phenoxy) is 1. The third kappa shape index (κ3) is 2.03. The van der Waals surface area contributed by atoms with Gasteiger partial charge in [0.1, 0.15) is 35.8 Å². The van der Waals surface area contributed by atoms with Crippen molar-refractivity contribution >= 4 is 0 Å². The first-order chi connectivity index (χ1) is 8.45. The average molecular weight is 260 g/mol. The van der Waals surface area contributed by atoms with Crippen LogP contribution in [0.25, 0.3) is 0 Å². The van der Waals surface area contributed by atoms with Gasteiger partial charge in [0.2, 0.25) is 5.95 Å². The SMILES string of the molecule is Cc1nc([C@@H]2O[C@H](CO)C(O)C2O)c(F)[nH]c1=O. The second-order valence-electron chi connectivity index (χ2n) is 4.11. The molecule has 1 aliphatic heterocycles. The summed E-state index contributed by atoms with van der Waals surface area (Å²) in [5.41, 5.74) is -0.957. The van der Waals surface area contributed by atoms with Crippen LogP contribution in [-0.2, 0) is 4.74 Å². The number of aromatic amines is 1. The molecule has 0 aliphatic carbocycles. The fraction of sp³-hybridized carbons (Fsp3) is 0.600. The Bertz CT molecular complexity index is 506. The van der Waals surface area contributed by atoms with E-state index in [4.69, 9.17) is 9.84 Å². The Balaban J connectivity index is 2.38. The summed E-state index contributed by atoms with van der Waals surface area (Å²) < 4.78 is 18.7. The van der Waals surface area contributed by atoms with Gasteiger partial charge in [-0.3, -0.25) is 9.78 Å². The van der Waals surface area contributed by atoms with E-state index >= 15 is 0 Å². The van der Waals surface area contributed by atoms with E-state index in [0.29, 0.717) is 0 Å². The summed E-state index contributed by atoms with van der Waals surface area (Å²) in [5.74, 6) is -1.03. The molecule has 0 radical (unpaired) electrons. The van der Waals surface area contributed by atoms with Crippen LogP contribution in [0.5, 0.6) is 0 Å². The van der Waals surface area contributed by atoms with Crippen LogP contribution in [0, 0.1) is 12.9 Å². The van der Waals surface area contributed by atoms with Crippen molar-refractivity contribution in [2.45, 2.75) is 31.3 Å². The molecule has 0 saturated carbocycles. The molecule has 0 amide bonds. The highest BCUT2D eigenvalue weighted by atomic mass is 19.1. The van der Waals surface area contributed by atoms with Gasteiger partial charge >= 0.3 is 0 Å². The number of H-pyrrole nitrogens is 1. The number of nitrogens with one attached hydrogen (secondary N) is 1. The summed E-state index contributed by atoms with van der Waals surface area (Å²) in [6.07, 6.45) is -5.01. The first kappa shape index (κ1) is 13.1. The van der Waals surface area contributed by atoms with Crippen LogP contribution in [0.3, 0.4) is 0 Å². The van der Waals surface area contributed by atoms with Crippen molar-refractivity contribution in [3.05, 3.63) is 27.7 Å². The first-order valence-corrected chi connectivity index (χ1v) is 5.34. The van der Waals surface area contributed by atoms with Gasteiger partial charge in [-0.05, 0) is 6.92 Å². The van der Waals surface area contributed by atoms with Gasteiger partial charge in [-0.25, -0.2) is 4.98 Å². The molecule has 4 N–H and O–H groups in total. The van der Waals surface area contributed by atoms with Gasteiger partial charge in [0.15, 0.2) is 0 Å². The third-order valence-electron chi connectivity index (χ3n) is 2.88.